The van der Waals surface area contributed by atoms with Gasteiger partial charge in [0, 0.05) is 15.5 Å². The third-order valence-electron chi connectivity index (χ3n) is 2.16. The van der Waals surface area contributed by atoms with Crippen molar-refractivity contribution < 1.29 is 0 Å². The van der Waals surface area contributed by atoms with Gasteiger partial charge in [-0.1, -0.05) is 44.5 Å². The highest BCUT2D eigenvalue weighted by atomic mass is 35.5. The van der Waals surface area contributed by atoms with Crippen LogP contribution in [0, 0.1) is 0 Å². The molecule has 0 amide bonds. The van der Waals surface area contributed by atoms with Crippen LogP contribution < -0.4 is 11.3 Å². The molecule has 90 valence electrons. The molecule has 0 saturated heterocycles. The number of nitrogens with two attached hydrogens (primary N) is 1. The first kappa shape index (κ1) is 13.8. The van der Waals surface area contributed by atoms with E-state index in [-0.39, 0.29) is 10.8 Å². The van der Waals surface area contributed by atoms with Gasteiger partial charge in [0.1, 0.15) is 0 Å². The fourth-order valence-electron chi connectivity index (χ4n) is 1.27. The van der Waals surface area contributed by atoms with Crippen LogP contribution in [-0.2, 0) is 0 Å². The minimum atomic E-state index is 0.168. The Kier molecular flexibility index (Phi) is 5.12. The molecule has 3 N–H and O–H groups in total. The molecule has 0 bridgehead atoms. The van der Waals surface area contributed by atoms with Gasteiger partial charge in [-0.25, -0.2) is 0 Å². The van der Waals surface area contributed by atoms with Crippen LogP contribution in [0.2, 0.25) is 5.02 Å². The van der Waals surface area contributed by atoms with Gasteiger partial charge < -0.3 is 0 Å². The summed E-state index contributed by atoms with van der Waals surface area (Å²) in [5, 5.41) is 0.753. The molecular weight excluding hydrogens is 240 g/mol. The van der Waals surface area contributed by atoms with Crippen LogP contribution >= 0.6 is 23.4 Å². The van der Waals surface area contributed by atoms with Crippen molar-refractivity contribution in [3.63, 3.8) is 0 Å². The zero-order chi connectivity index (χ0) is 12.2. The smallest absolute Gasteiger partial charge is 0.0550 e. The van der Waals surface area contributed by atoms with Crippen molar-refractivity contribution in [3.8, 4) is 0 Å². The van der Waals surface area contributed by atoms with Gasteiger partial charge in [0.15, 0.2) is 0 Å². The average molecular weight is 259 g/mol. The van der Waals surface area contributed by atoms with Gasteiger partial charge in [-0.3, -0.25) is 11.3 Å². The second-order valence-electron chi connectivity index (χ2n) is 4.69. The van der Waals surface area contributed by atoms with Gasteiger partial charge in [0.05, 0.1) is 6.04 Å². The van der Waals surface area contributed by atoms with Crippen LogP contribution in [0.15, 0.2) is 24.3 Å². The summed E-state index contributed by atoms with van der Waals surface area (Å²) in [6.45, 7) is 6.60. The molecule has 1 atom stereocenters. The van der Waals surface area contributed by atoms with E-state index in [2.05, 4.69) is 26.2 Å². The molecule has 4 heteroatoms. The number of thioether (sulfide) groups is 1. The Hall–Kier alpha value is -0.220. The lowest BCUT2D eigenvalue weighted by molar-refractivity contribution is 0.607. The highest BCUT2D eigenvalue weighted by Gasteiger charge is 2.16. The van der Waals surface area contributed by atoms with Crippen LogP contribution in [0.5, 0.6) is 0 Å². The normalized spacial score (nSPS) is 13.8. The third kappa shape index (κ3) is 4.74. The molecule has 0 aliphatic carbocycles. The Balaban J connectivity index is 2.64. The zero-order valence-corrected chi connectivity index (χ0v) is 11.5. The molecule has 0 fully saturated rings. The number of hydrogen-bond acceptors (Lipinski definition) is 3. The molecule has 1 rings (SSSR count). The van der Waals surface area contributed by atoms with Crippen molar-refractivity contribution in [2.24, 2.45) is 5.84 Å². The minimum absolute atomic E-state index is 0.168. The molecular formula is C12H19ClN2S. The minimum Gasteiger partial charge on any atom is -0.271 e. The van der Waals surface area contributed by atoms with Gasteiger partial charge in [-0.05, 0) is 17.7 Å². The number of hydrazine groups is 1. The summed E-state index contributed by atoms with van der Waals surface area (Å²) in [7, 11) is 0. The summed E-state index contributed by atoms with van der Waals surface area (Å²) >= 11 is 7.74. The van der Waals surface area contributed by atoms with Crippen LogP contribution in [0.25, 0.3) is 0 Å². The maximum Gasteiger partial charge on any atom is 0.0550 e. The monoisotopic (exact) mass is 258 g/mol. The Morgan fingerprint density at radius 3 is 2.31 bits per heavy atom. The van der Waals surface area contributed by atoms with Gasteiger partial charge in [-0.2, -0.15) is 11.8 Å². The molecule has 1 aromatic rings. The van der Waals surface area contributed by atoms with Crippen molar-refractivity contribution in [2.75, 3.05) is 5.75 Å². The molecule has 0 aliphatic rings. The Bertz CT molecular complexity index is 319. The van der Waals surface area contributed by atoms with E-state index in [1.54, 1.807) is 0 Å². The number of halogens is 1. The lowest BCUT2D eigenvalue weighted by Crippen LogP contribution is -2.30. The number of rotatable bonds is 4. The van der Waals surface area contributed by atoms with Crippen molar-refractivity contribution >= 4 is 23.4 Å². The molecule has 0 heterocycles. The molecule has 0 radical (unpaired) electrons. The third-order valence-corrected chi connectivity index (χ3v) is 3.77. The predicted octanol–water partition coefficient (Wildman–Crippen LogP) is 3.38. The van der Waals surface area contributed by atoms with Crippen LogP contribution in [0.3, 0.4) is 0 Å². The molecule has 0 aromatic heterocycles. The van der Waals surface area contributed by atoms with Gasteiger partial charge >= 0.3 is 0 Å². The first-order valence-electron chi connectivity index (χ1n) is 5.28. The van der Waals surface area contributed by atoms with Crippen LogP contribution in [0.4, 0.5) is 0 Å². The van der Waals surface area contributed by atoms with E-state index >= 15 is 0 Å². The van der Waals surface area contributed by atoms with E-state index in [0.29, 0.717) is 0 Å². The topological polar surface area (TPSA) is 38.0 Å². The van der Waals surface area contributed by atoms with Crippen LogP contribution in [-0.4, -0.2) is 10.5 Å². The van der Waals surface area contributed by atoms with E-state index in [0.717, 1.165) is 10.8 Å². The van der Waals surface area contributed by atoms with Crippen molar-refractivity contribution in [3.05, 3.63) is 34.9 Å². The first-order valence-corrected chi connectivity index (χ1v) is 6.64. The SMILES string of the molecule is CC(C)(C)SCC(NN)c1ccc(Cl)cc1. The molecule has 1 unspecified atom stereocenters. The van der Waals surface area contributed by atoms with Gasteiger partial charge in [0.25, 0.3) is 0 Å². The number of nitrogens with one attached hydrogen (secondary N) is 1. The van der Waals surface area contributed by atoms with Crippen molar-refractivity contribution in [1.29, 1.82) is 0 Å². The van der Waals surface area contributed by atoms with Crippen LogP contribution in [0.1, 0.15) is 32.4 Å². The quantitative estimate of drug-likeness (QED) is 0.642. The number of benzene rings is 1. The molecule has 0 saturated carbocycles. The van der Waals surface area contributed by atoms with Crippen molar-refractivity contribution in [1.82, 2.24) is 5.43 Å². The molecule has 1 aromatic carbocycles. The fourth-order valence-corrected chi connectivity index (χ4v) is 2.35. The van der Waals surface area contributed by atoms with E-state index < -0.39 is 0 Å². The Morgan fingerprint density at radius 1 is 1.31 bits per heavy atom. The summed E-state index contributed by atoms with van der Waals surface area (Å²) in [5.74, 6) is 6.52. The Labute approximate surface area is 107 Å². The zero-order valence-electron chi connectivity index (χ0n) is 9.96. The van der Waals surface area contributed by atoms with E-state index in [4.69, 9.17) is 17.4 Å². The molecule has 16 heavy (non-hydrogen) atoms. The predicted molar refractivity (Wildman–Crippen MR) is 73.7 cm³/mol. The van der Waals surface area contributed by atoms with E-state index in [1.807, 2.05) is 36.0 Å². The summed E-state index contributed by atoms with van der Waals surface area (Å²) in [4.78, 5) is 0. The summed E-state index contributed by atoms with van der Waals surface area (Å²) in [6, 6.07) is 7.97. The van der Waals surface area contributed by atoms with Gasteiger partial charge in [-0.15, -0.1) is 0 Å². The Morgan fingerprint density at radius 2 is 1.88 bits per heavy atom. The first-order chi connectivity index (χ1) is 7.42. The number of hydrogen-bond donors (Lipinski definition) is 2. The van der Waals surface area contributed by atoms with E-state index in [9.17, 15) is 0 Å². The highest BCUT2D eigenvalue weighted by molar-refractivity contribution is 8.00. The molecule has 0 spiro atoms. The van der Waals surface area contributed by atoms with Gasteiger partial charge in [0.2, 0.25) is 0 Å². The average Bonchev–Trinajstić information content (AvgIpc) is 2.20. The van der Waals surface area contributed by atoms with Crippen molar-refractivity contribution in [2.45, 2.75) is 31.6 Å². The standard InChI is InChI=1S/C12H19ClN2S/c1-12(2,3)16-8-11(15-14)9-4-6-10(13)7-5-9/h4-7,11,15H,8,14H2,1-3H3. The maximum absolute atomic E-state index is 5.85. The summed E-state index contributed by atoms with van der Waals surface area (Å²) < 4.78 is 0.252. The lowest BCUT2D eigenvalue weighted by Gasteiger charge is -2.22. The summed E-state index contributed by atoms with van der Waals surface area (Å²) in [6.07, 6.45) is 0. The lowest BCUT2D eigenvalue weighted by atomic mass is 10.1. The fraction of sp³-hybridized carbons (Fsp3) is 0.500. The second-order valence-corrected chi connectivity index (χ2v) is 6.98. The molecule has 0 aliphatic heterocycles. The van der Waals surface area contributed by atoms with E-state index in [1.165, 1.54) is 5.56 Å². The molecule has 2 nitrogen and oxygen atoms in total. The largest absolute Gasteiger partial charge is 0.271 e. The maximum atomic E-state index is 5.85. The second kappa shape index (κ2) is 5.92. The highest BCUT2D eigenvalue weighted by Crippen LogP contribution is 2.28. The summed E-state index contributed by atoms with van der Waals surface area (Å²) in [5.41, 5.74) is 4.02.